The molecule has 7 nitrogen and oxygen atoms in total. The molecule has 1 aliphatic heterocycles. The van der Waals surface area contributed by atoms with E-state index >= 15 is 0 Å². The summed E-state index contributed by atoms with van der Waals surface area (Å²) in [5, 5.41) is 2.71. The fourth-order valence-electron chi connectivity index (χ4n) is 3.33. The number of carbonyl (C=O) groups excluding carboxylic acids is 4. The third-order valence-electron chi connectivity index (χ3n) is 4.97. The highest BCUT2D eigenvalue weighted by atomic mass is 79.9. The van der Waals surface area contributed by atoms with Crippen LogP contribution in [0.5, 0.6) is 0 Å². The predicted octanol–water partition coefficient (Wildman–Crippen LogP) is 4.10. The van der Waals surface area contributed by atoms with Gasteiger partial charge < -0.3 is 10.1 Å². The van der Waals surface area contributed by atoms with Crippen LogP contribution in [0.1, 0.15) is 52.0 Å². The highest BCUT2D eigenvalue weighted by Crippen LogP contribution is 2.23. The van der Waals surface area contributed by atoms with E-state index in [-0.39, 0.29) is 24.8 Å². The SMILES string of the molecule is Cc1cc(Br)ccc1NC(=O)COC(=O)CCCCCN1C(=O)c2ccccc2C1=O. The van der Waals surface area contributed by atoms with Gasteiger partial charge in [-0.2, -0.15) is 0 Å². The first-order valence-electron chi connectivity index (χ1n) is 10.0. The number of fused-ring (bicyclic) bond motifs is 1. The molecular formula is C23H23BrN2O5. The van der Waals surface area contributed by atoms with Crippen LogP contribution in [0.4, 0.5) is 5.69 Å². The highest BCUT2D eigenvalue weighted by Gasteiger charge is 2.34. The summed E-state index contributed by atoms with van der Waals surface area (Å²) in [6.07, 6.45) is 1.98. The molecule has 1 N–H and O–H groups in total. The molecule has 1 heterocycles. The lowest BCUT2D eigenvalue weighted by molar-refractivity contribution is -0.147. The van der Waals surface area contributed by atoms with Crippen molar-refractivity contribution in [3.63, 3.8) is 0 Å². The lowest BCUT2D eigenvalue weighted by Crippen LogP contribution is -2.30. The van der Waals surface area contributed by atoms with Gasteiger partial charge in [-0.15, -0.1) is 0 Å². The number of ether oxygens (including phenoxy) is 1. The molecular weight excluding hydrogens is 464 g/mol. The molecule has 0 radical (unpaired) electrons. The third kappa shape index (κ3) is 5.79. The molecule has 8 heteroatoms. The van der Waals surface area contributed by atoms with Crippen LogP contribution < -0.4 is 5.32 Å². The second kappa shape index (κ2) is 10.3. The number of unbranched alkanes of at least 4 members (excludes halogenated alkanes) is 2. The lowest BCUT2D eigenvalue weighted by Gasteiger charge is -2.13. The largest absolute Gasteiger partial charge is 0.456 e. The minimum absolute atomic E-state index is 0.173. The van der Waals surface area contributed by atoms with Crippen LogP contribution in [-0.4, -0.2) is 41.7 Å². The first-order chi connectivity index (χ1) is 14.9. The zero-order valence-corrected chi connectivity index (χ0v) is 18.7. The molecule has 1 aliphatic rings. The molecule has 0 aromatic heterocycles. The Balaban J connectivity index is 1.31. The van der Waals surface area contributed by atoms with E-state index in [1.54, 1.807) is 30.3 Å². The summed E-state index contributed by atoms with van der Waals surface area (Å²) in [4.78, 5) is 49.6. The number of carbonyl (C=O) groups is 4. The second-order valence-corrected chi connectivity index (χ2v) is 8.20. The predicted molar refractivity (Wildman–Crippen MR) is 119 cm³/mol. The van der Waals surface area contributed by atoms with Crippen LogP contribution in [0.3, 0.4) is 0 Å². The summed E-state index contributed by atoms with van der Waals surface area (Å²) in [5.41, 5.74) is 2.44. The van der Waals surface area contributed by atoms with Gasteiger partial charge in [0.15, 0.2) is 6.61 Å². The van der Waals surface area contributed by atoms with Crippen LogP contribution in [0.15, 0.2) is 46.9 Å². The van der Waals surface area contributed by atoms with Gasteiger partial charge in [0.05, 0.1) is 11.1 Å². The zero-order valence-electron chi connectivity index (χ0n) is 17.2. The second-order valence-electron chi connectivity index (χ2n) is 7.29. The van der Waals surface area contributed by atoms with Crippen LogP contribution >= 0.6 is 15.9 Å². The molecule has 0 unspecified atom stereocenters. The van der Waals surface area contributed by atoms with E-state index in [1.807, 2.05) is 19.1 Å². The fraction of sp³-hybridized carbons (Fsp3) is 0.304. The minimum atomic E-state index is -0.455. The lowest BCUT2D eigenvalue weighted by atomic mass is 10.1. The van der Waals surface area contributed by atoms with Crippen molar-refractivity contribution in [1.29, 1.82) is 0 Å². The van der Waals surface area contributed by atoms with Gasteiger partial charge in [0.25, 0.3) is 17.7 Å². The fourth-order valence-corrected chi connectivity index (χ4v) is 3.81. The van der Waals surface area contributed by atoms with Crippen molar-refractivity contribution in [3.8, 4) is 0 Å². The molecule has 0 saturated carbocycles. The first kappa shape index (κ1) is 22.7. The molecule has 2 aromatic carbocycles. The normalized spacial score (nSPS) is 12.6. The Bertz CT molecular complexity index is 986. The summed E-state index contributed by atoms with van der Waals surface area (Å²) in [5.74, 6) is -1.40. The number of anilines is 1. The quantitative estimate of drug-likeness (QED) is 0.327. The van der Waals surface area contributed by atoms with Gasteiger partial charge in [-0.05, 0) is 55.7 Å². The monoisotopic (exact) mass is 486 g/mol. The Labute approximate surface area is 188 Å². The maximum atomic E-state index is 12.3. The maximum Gasteiger partial charge on any atom is 0.306 e. The average Bonchev–Trinajstić information content (AvgIpc) is 2.99. The smallest absolute Gasteiger partial charge is 0.306 e. The highest BCUT2D eigenvalue weighted by molar-refractivity contribution is 9.10. The summed E-state index contributed by atoms with van der Waals surface area (Å²) >= 11 is 3.36. The van der Waals surface area contributed by atoms with E-state index < -0.39 is 11.9 Å². The number of esters is 1. The number of aryl methyl sites for hydroxylation is 1. The summed E-state index contributed by atoms with van der Waals surface area (Å²) in [6.45, 7) is 1.84. The van der Waals surface area contributed by atoms with Crippen molar-refractivity contribution in [3.05, 3.63) is 63.6 Å². The number of hydrogen-bond donors (Lipinski definition) is 1. The molecule has 0 spiro atoms. The number of nitrogens with zero attached hydrogens (tertiary/aromatic N) is 1. The van der Waals surface area contributed by atoms with E-state index in [4.69, 9.17) is 4.74 Å². The maximum absolute atomic E-state index is 12.3. The molecule has 3 amide bonds. The van der Waals surface area contributed by atoms with Gasteiger partial charge >= 0.3 is 5.97 Å². The molecule has 0 aliphatic carbocycles. The van der Waals surface area contributed by atoms with Gasteiger partial charge in [0.1, 0.15) is 0 Å². The van der Waals surface area contributed by atoms with Gasteiger partial charge in [-0.25, -0.2) is 0 Å². The van der Waals surface area contributed by atoms with Crippen LogP contribution in [0.2, 0.25) is 0 Å². The van der Waals surface area contributed by atoms with Gasteiger partial charge in [-0.3, -0.25) is 24.1 Å². The number of nitrogens with one attached hydrogen (secondary N) is 1. The average molecular weight is 487 g/mol. The number of halogens is 1. The van der Waals surface area contributed by atoms with Gasteiger partial charge in [0, 0.05) is 23.1 Å². The number of amides is 3. The summed E-state index contributed by atoms with van der Waals surface area (Å²) in [6, 6.07) is 12.2. The van der Waals surface area contributed by atoms with E-state index in [1.165, 1.54) is 4.90 Å². The number of hydrogen-bond acceptors (Lipinski definition) is 5. The molecule has 0 atom stereocenters. The molecule has 2 aromatic rings. The van der Waals surface area contributed by atoms with Crippen molar-refractivity contribution in [1.82, 2.24) is 4.90 Å². The number of imide groups is 1. The van der Waals surface area contributed by atoms with Crippen LogP contribution in [-0.2, 0) is 14.3 Å². The summed E-state index contributed by atoms with van der Waals surface area (Å²) < 4.78 is 5.93. The van der Waals surface area contributed by atoms with E-state index in [9.17, 15) is 19.2 Å². The molecule has 0 bridgehead atoms. The topological polar surface area (TPSA) is 92.8 Å². The minimum Gasteiger partial charge on any atom is -0.456 e. The van der Waals surface area contributed by atoms with Crippen molar-refractivity contribution in [2.24, 2.45) is 0 Å². The van der Waals surface area contributed by atoms with Crippen molar-refractivity contribution in [2.75, 3.05) is 18.5 Å². The van der Waals surface area contributed by atoms with E-state index in [0.29, 0.717) is 42.6 Å². The number of benzene rings is 2. The Morgan fingerprint density at radius 1 is 1.00 bits per heavy atom. The zero-order chi connectivity index (χ0) is 22.4. The Morgan fingerprint density at radius 3 is 2.32 bits per heavy atom. The molecule has 31 heavy (non-hydrogen) atoms. The van der Waals surface area contributed by atoms with Crippen molar-refractivity contribution >= 4 is 45.3 Å². The van der Waals surface area contributed by atoms with E-state index in [2.05, 4.69) is 21.2 Å². The number of rotatable bonds is 9. The summed E-state index contributed by atoms with van der Waals surface area (Å²) in [7, 11) is 0. The van der Waals surface area contributed by atoms with Gasteiger partial charge in [0.2, 0.25) is 0 Å². The molecule has 0 saturated heterocycles. The first-order valence-corrected chi connectivity index (χ1v) is 10.8. The Kier molecular flexibility index (Phi) is 7.57. The Morgan fingerprint density at radius 2 is 1.68 bits per heavy atom. The van der Waals surface area contributed by atoms with Crippen molar-refractivity contribution < 1.29 is 23.9 Å². The van der Waals surface area contributed by atoms with Crippen LogP contribution in [0, 0.1) is 6.92 Å². The molecule has 0 fully saturated rings. The Hall–Kier alpha value is -3.00. The molecule has 3 rings (SSSR count). The van der Waals surface area contributed by atoms with Crippen molar-refractivity contribution in [2.45, 2.75) is 32.6 Å². The third-order valence-corrected chi connectivity index (χ3v) is 5.46. The standard InChI is InChI=1S/C23H23BrN2O5/c1-15-13-16(24)10-11-19(15)25-20(27)14-31-21(28)9-3-2-6-12-26-22(29)17-7-4-5-8-18(17)23(26)30/h4-5,7-8,10-11,13H,2-3,6,9,12,14H2,1H3,(H,25,27). The van der Waals surface area contributed by atoms with E-state index in [0.717, 1.165) is 10.0 Å². The van der Waals surface area contributed by atoms with Gasteiger partial charge in [-0.1, -0.05) is 34.5 Å². The van der Waals surface area contributed by atoms with Crippen LogP contribution in [0.25, 0.3) is 0 Å². The molecule has 162 valence electrons.